The van der Waals surface area contributed by atoms with Crippen LogP contribution in [-0.2, 0) is 0 Å². The van der Waals surface area contributed by atoms with E-state index in [1.54, 1.807) is 12.3 Å². The molecule has 0 amide bonds. The van der Waals surface area contributed by atoms with E-state index in [0.717, 1.165) is 43.4 Å². The van der Waals surface area contributed by atoms with Gasteiger partial charge < -0.3 is 15.5 Å². The van der Waals surface area contributed by atoms with Gasteiger partial charge in [0.15, 0.2) is 0 Å². The van der Waals surface area contributed by atoms with E-state index >= 15 is 0 Å². The Balaban J connectivity index is 1.50. The van der Waals surface area contributed by atoms with Crippen molar-refractivity contribution in [3.63, 3.8) is 0 Å². The van der Waals surface area contributed by atoms with E-state index in [1.165, 1.54) is 12.8 Å². The van der Waals surface area contributed by atoms with Gasteiger partial charge in [-0.25, -0.2) is 0 Å². The van der Waals surface area contributed by atoms with E-state index in [0.29, 0.717) is 27.6 Å². The van der Waals surface area contributed by atoms with Crippen LogP contribution < -0.4 is 16.0 Å². The molecular formula is C21H27ClN2O2. The number of halogens is 1. The van der Waals surface area contributed by atoms with Crippen molar-refractivity contribution in [2.24, 2.45) is 17.1 Å². The molecule has 1 unspecified atom stereocenters. The van der Waals surface area contributed by atoms with E-state index in [1.807, 2.05) is 12.1 Å². The number of nitrogens with two attached hydrogens (primary N) is 1. The van der Waals surface area contributed by atoms with Crippen molar-refractivity contribution in [2.45, 2.75) is 64.0 Å². The smallest absolute Gasteiger partial charge is 0.255 e. The molecule has 4 nitrogen and oxygen atoms in total. The summed E-state index contributed by atoms with van der Waals surface area (Å²) in [6, 6.07) is 5.76. The summed E-state index contributed by atoms with van der Waals surface area (Å²) in [6.07, 6.45) is 9.87. The van der Waals surface area contributed by atoms with Crippen molar-refractivity contribution in [3.05, 3.63) is 39.8 Å². The van der Waals surface area contributed by atoms with E-state index < -0.39 is 0 Å². The minimum Gasteiger partial charge on any atom is -0.489 e. The van der Waals surface area contributed by atoms with Crippen LogP contribution in [0.4, 0.5) is 0 Å². The summed E-state index contributed by atoms with van der Waals surface area (Å²) in [7, 11) is 0. The molecule has 2 fully saturated rings. The van der Waals surface area contributed by atoms with Crippen molar-refractivity contribution in [1.29, 1.82) is 0 Å². The van der Waals surface area contributed by atoms with Gasteiger partial charge in [0.2, 0.25) is 0 Å². The summed E-state index contributed by atoms with van der Waals surface area (Å²) in [5, 5.41) is 1.94. The lowest BCUT2D eigenvalue weighted by Gasteiger charge is -2.44. The highest BCUT2D eigenvalue weighted by Crippen LogP contribution is 2.56. The maximum absolute atomic E-state index is 11.9. The summed E-state index contributed by atoms with van der Waals surface area (Å²) < 4.78 is 6.26. The second-order valence-corrected chi connectivity index (χ2v) is 8.42. The van der Waals surface area contributed by atoms with Crippen LogP contribution in [0.15, 0.2) is 29.2 Å². The highest BCUT2D eigenvalue weighted by Gasteiger charge is 2.50. The number of pyridine rings is 1. The van der Waals surface area contributed by atoms with Gasteiger partial charge in [0, 0.05) is 17.6 Å². The predicted octanol–water partition coefficient (Wildman–Crippen LogP) is 4.64. The van der Waals surface area contributed by atoms with Crippen LogP contribution in [-0.4, -0.2) is 17.1 Å². The maximum atomic E-state index is 11.9. The largest absolute Gasteiger partial charge is 0.489 e. The fraction of sp³-hybridized carbons (Fsp3) is 0.571. The van der Waals surface area contributed by atoms with Crippen molar-refractivity contribution in [1.82, 2.24) is 4.98 Å². The zero-order valence-electron chi connectivity index (χ0n) is 15.3. The first kappa shape index (κ1) is 17.9. The van der Waals surface area contributed by atoms with Crippen molar-refractivity contribution in [2.75, 3.05) is 0 Å². The number of hydrogen-bond donors (Lipinski definition) is 2. The Morgan fingerprint density at radius 1 is 1.31 bits per heavy atom. The monoisotopic (exact) mass is 374 g/mol. The molecule has 2 aromatic rings. The fourth-order valence-corrected chi connectivity index (χ4v) is 5.06. The molecule has 1 heterocycles. The molecule has 3 N–H and O–H groups in total. The minimum atomic E-state index is -0.128. The van der Waals surface area contributed by atoms with Gasteiger partial charge in [-0.2, -0.15) is 0 Å². The Kier molecular flexibility index (Phi) is 4.74. The van der Waals surface area contributed by atoms with E-state index in [-0.39, 0.29) is 11.7 Å². The zero-order chi connectivity index (χ0) is 18.3. The van der Waals surface area contributed by atoms with Gasteiger partial charge in [-0.3, -0.25) is 4.79 Å². The van der Waals surface area contributed by atoms with Crippen molar-refractivity contribution < 1.29 is 4.74 Å². The Bertz CT molecular complexity index is 851. The summed E-state index contributed by atoms with van der Waals surface area (Å²) in [6.45, 7) is 2.20. The third-order valence-electron chi connectivity index (χ3n) is 6.55. The number of hydrogen-bond acceptors (Lipinski definition) is 3. The number of ether oxygens (including phenoxy) is 1. The van der Waals surface area contributed by atoms with Crippen LogP contribution in [0.1, 0.15) is 51.9 Å². The van der Waals surface area contributed by atoms with Gasteiger partial charge in [0.05, 0.1) is 11.1 Å². The van der Waals surface area contributed by atoms with Gasteiger partial charge in [-0.15, -0.1) is 0 Å². The number of benzene rings is 1. The molecular weight excluding hydrogens is 348 g/mol. The van der Waals surface area contributed by atoms with Crippen molar-refractivity contribution >= 4 is 22.4 Å². The lowest BCUT2D eigenvalue weighted by atomic mass is 9.64. The molecule has 5 heteroatoms. The van der Waals surface area contributed by atoms with Crippen LogP contribution >= 0.6 is 11.6 Å². The highest BCUT2D eigenvalue weighted by atomic mass is 35.5. The molecule has 0 bridgehead atoms. The van der Waals surface area contributed by atoms with Gasteiger partial charge in [0.1, 0.15) is 5.75 Å². The first-order valence-electron chi connectivity index (χ1n) is 9.76. The lowest BCUT2D eigenvalue weighted by Crippen LogP contribution is -2.47. The first-order chi connectivity index (χ1) is 12.5. The summed E-state index contributed by atoms with van der Waals surface area (Å²) in [5.74, 6) is 1.49. The van der Waals surface area contributed by atoms with Crippen LogP contribution in [0.5, 0.6) is 5.75 Å². The minimum absolute atomic E-state index is 0.128. The molecule has 4 rings (SSSR count). The Morgan fingerprint density at radius 3 is 2.69 bits per heavy atom. The quantitative estimate of drug-likeness (QED) is 0.801. The van der Waals surface area contributed by atoms with Crippen LogP contribution in [0, 0.1) is 11.3 Å². The number of aromatic amines is 1. The predicted molar refractivity (Wildman–Crippen MR) is 106 cm³/mol. The molecule has 0 spiro atoms. The average molecular weight is 375 g/mol. The second kappa shape index (κ2) is 6.90. The van der Waals surface area contributed by atoms with Gasteiger partial charge >= 0.3 is 0 Å². The van der Waals surface area contributed by atoms with Crippen LogP contribution in [0.2, 0.25) is 5.02 Å². The highest BCUT2D eigenvalue weighted by molar-refractivity contribution is 6.32. The molecule has 1 atom stereocenters. The fourth-order valence-electron chi connectivity index (χ4n) is 4.85. The summed E-state index contributed by atoms with van der Waals surface area (Å²) in [4.78, 5) is 14.6. The first-order valence-corrected chi connectivity index (χ1v) is 10.1. The third-order valence-corrected chi connectivity index (χ3v) is 6.85. The van der Waals surface area contributed by atoms with Gasteiger partial charge in [-0.1, -0.05) is 18.5 Å². The van der Waals surface area contributed by atoms with Crippen LogP contribution in [0.25, 0.3) is 10.8 Å². The Morgan fingerprint density at radius 2 is 2.04 bits per heavy atom. The summed E-state index contributed by atoms with van der Waals surface area (Å²) >= 11 is 6.39. The average Bonchev–Trinajstić information content (AvgIpc) is 3.49. The third kappa shape index (κ3) is 3.14. The molecule has 1 aromatic carbocycles. The normalized spacial score (nSPS) is 27.4. The number of H-pyrrole nitrogens is 1. The van der Waals surface area contributed by atoms with Gasteiger partial charge in [-0.05, 0) is 79.9 Å². The van der Waals surface area contributed by atoms with Crippen LogP contribution in [0.3, 0.4) is 0 Å². The second-order valence-electron chi connectivity index (χ2n) is 8.02. The lowest BCUT2D eigenvalue weighted by molar-refractivity contribution is 0.0435. The standard InChI is InChI=1S/C21H27ClN2O2/c1-2-19(23)21(14-3-4-14)8-5-15(6-9-21)26-18-11-13-7-10-24-20(25)16(13)12-17(18)22/h7,10-12,14-15,19H,2-6,8-9,23H2,1H3,(H,24,25). The number of rotatable bonds is 5. The van der Waals surface area contributed by atoms with E-state index in [9.17, 15) is 4.79 Å². The number of aromatic nitrogens is 1. The summed E-state index contributed by atoms with van der Waals surface area (Å²) in [5.41, 5.74) is 6.71. The molecule has 0 radical (unpaired) electrons. The Hall–Kier alpha value is -1.52. The molecule has 2 aliphatic carbocycles. The maximum Gasteiger partial charge on any atom is 0.255 e. The van der Waals surface area contributed by atoms with E-state index in [2.05, 4.69) is 11.9 Å². The van der Waals surface area contributed by atoms with Crippen molar-refractivity contribution in [3.8, 4) is 5.75 Å². The molecule has 0 aliphatic heterocycles. The molecule has 140 valence electrons. The Labute approximate surface area is 159 Å². The number of nitrogens with one attached hydrogen (secondary N) is 1. The molecule has 26 heavy (non-hydrogen) atoms. The van der Waals surface area contributed by atoms with E-state index in [4.69, 9.17) is 22.1 Å². The zero-order valence-corrected chi connectivity index (χ0v) is 16.0. The molecule has 1 aromatic heterocycles. The number of fused-ring (bicyclic) bond motifs is 1. The van der Waals surface area contributed by atoms with Gasteiger partial charge in [0.25, 0.3) is 5.56 Å². The molecule has 2 aliphatic rings. The topological polar surface area (TPSA) is 68.1 Å². The molecule has 2 saturated carbocycles. The SMILES string of the molecule is CCC(N)C1(C2CC2)CCC(Oc2cc3cc[nH]c(=O)c3cc2Cl)CC1. The molecule has 0 saturated heterocycles.